The van der Waals surface area contributed by atoms with Gasteiger partial charge < -0.3 is 5.32 Å². The van der Waals surface area contributed by atoms with Crippen LogP contribution in [0, 0.1) is 12.8 Å². The van der Waals surface area contributed by atoms with E-state index in [4.69, 9.17) is 0 Å². The molecule has 1 atom stereocenters. The van der Waals surface area contributed by atoms with Crippen LogP contribution in [-0.2, 0) is 0 Å². The molecule has 94 valence electrons. The first kappa shape index (κ1) is 12.6. The smallest absolute Gasteiger partial charge is 0.0372 e. The molecule has 1 aliphatic heterocycles. The molecule has 1 aliphatic rings. The number of rotatable bonds is 3. The predicted molar refractivity (Wildman–Crippen MR) is 73.2 cm³/mol. The molecule has 17 heavy (non-hydrogen) atoms. The molecule has 0 saturated carbocycles. The van der Waals surface area contributed by atoms with E-state index in [0.29, 0.717) is 12.0 Å². The first-order chi connectivity index (χ1) is 8.18. The molecule has 1 unspecified atom stereocenters. The zero-order chi connectivity index (χ0) is 12.3. The number of hydrogen-bond donors (Lipinski definition) is 1. The Hall–Kier alpha value is -0.860. The van der Waals surface area contributed by atoms with Gasteiger partial charge in [-0.15, -0.1) is 0 Å². The van der Waals surface area contributed by atoms with E-state index in [1.165, 1.54) is 11.1 Å². The molecular weight excluding hydrogens is 208 g/mol. The van der Waals surface area contributed by atoms with E-state index < -0.39 is 0 Å². The minimum atomic E-state index is 0.567. The quantitative estimate of drug-likeness (QED) is 0.862. The van der Waals surface area contributed by atoms with Gasteiger partial charge in [-0.05, 0) is 18.4 Å². The second kappa shape index (κ2) is 5.65. The van der Waals surface area contributed by atoms with E-state index in [1.807, 2.05) is 0 Å². The van der Waals surface area contributed by atoms with Crippen LogP contribution in [0.2, 0.25) is 0 Å². The van der Waals surface area contributed by atoms with Crippen molar-refractivity contribution in [2.24, 2.45) is 5.92 Å². The average Bonchev–Trinajstić information content (AvgIpc) is 2.33. The van der Waals surface area contributed by atoms with Gasteiger partial charge in [0.25, 0.3) is 0 Å². The molecule has 0 aliphatic carbocycles. The van der Waals surface area contributed by atoms with E-state index in [2.05, 4.69) is 55.3 Å². The van der Waals surface area contributed by atoms with Crippen molar-refractivity contribution in [1.82, 2.24) is 10.2 Å². The highest BCUT2D eigenvalue weighted by Crippen LogP contribution is 2.28. The van der Waals surface area contributed by atoms with Crippen LogP contribution in [0.25, 0.3) is 0 Å². The SMILES string of the molecule is Cc1ccc(C(C(C)C)N2CCNCC2)cc1. The standard InChI is InChI=1S/C15H24N2/c1-12(2)15(17-10-8-16-9-11-17)14-6-4-13(3)5-7-14/h4-7,12,15-16H,8-11H2,1-3H3. The maximum atomic E-state index is 3.43. The molecule has 2 nitrogen and oxygen atoms in total. The zero-order valence-electron chi connectivity index (χ0n) is 11.2. The molecule has 0 bridgehead atoms. The van der Waals surface area contributed by atoms with Crippen LogP contribution in [0.15, 0.2) is 24.3 Å². The molecule has 1 saturated heterocycles. The Balaban J connectivity index is 2.18. The van der Waals surface area contributed by atoms with Crippen LogP contribution in [-0.4, -0.2) is 31.1 Å². The van der Waals surface area contributed by atoms with Gasteiger partial charge in [0.2, 0.25) is 0 Å². The van der Waals surface area contributed by atoms with Gasteiger partial charge in [0, 0.05) is 32.2 Å². The van der Waals surface area contributed by atoms with Crippen molar-refractivity contribution in [2.75, 3.05) is 26.2 Å². The van der Waals surface area contributed by atoms with Crippen LogP contribution in [0.4, 0.5) is 0 Å². The normalized spacial score (nSPS) is 19.5. The summed E-state index contributed by atoms with van der Waals surface area (Å²) in [5, 5.41) is 3.43. The summed E-state index contributed by atoms with van der Waals surface area (Å²) in [6, 6.07) is 9.61. The molecule has 1 aromatic rings. The van der Waals surface area contributed by atoms with E-state index in [9.17, 15) is 0 Å². The molecule has 0 spiro atoms. The predicted octanol–water partition coefficient (Wildman–Crippen LogP) is 2.60. The summed E-state index contributed by atoms with van der Waals surface area (Å²) in [6.45, 7) is 11.4. The van der Waals surface area contributed by atoms with Crippen molar-refractivity contribution in [3.05, 3.63) is 35.4 Å². The van der Waals surface area contributed by atoms with Gasteiger partial charge in [-0.25, -0.2) is 0 Å². The lowest BCUT2D eigenvalue weighted by atomic mass is 9.93. The lowest BCUT2D eigenvalue weighted by Crippen LogP contribution is -2.46. The third-order valence-electron chi connectivity index (χ3n) is 3.60. The minimum absolute atomic E-state index is 0.567. The lowest BCUT2D eigenvalue weighted by Gasteiger charge is -2.37. The lowest BCUT2D eigenvalue weighted by molar-refractivity contribution is 0.137. The average molecular weight is 232 g/mol. The summed E-state index contributed by atoms with van der Waals surface area (Å²) in [5.41, 5.74) is 2.81. The van der Waals surface area contributed by atoms with Gasteiger partial charge in [0.1, 0.15) is 0 Å². The van der Waals surface area contributed by atoms with Crippen molar-refractivity contribution >= 4 is 0 Å². The van der Waals surface area contributed by atoms with Crippen molar-refractivity contribution in [2.45, 2.75) is 26.8 Å². The summed E-state index contributed by atoms with van der Waals surface area (Å²) in [6.07, 6.45) is 0. The van der Waals surface area contributed by atoms with Gasteiger partial charge >= 0.3 is 0 Å². The summed E-state index contributed by atoms with van der Waals surface area (Å²) in [7, 11) is 0. The molecule has 0 radical (unpaired) electrons. The molecule has 2 heteroatoms. The number of nitrogens with one attached hydrogen (secondary N) is 1. The summed E-state index contributed by atoms with van der Waals surface area (Å²) < 4.78 is 0. The first-order valence-electron chi connectivity index (χ1n) is 6.70. The zero-order valence-corrected chi connectivity index (χ0v) is 11.2. The minimum Gasteiger partial charge on any atom is -0.314 e. The van der Waals surface area contributed by atoms with Crippen molar-refractivity contribution in [3.63, 3.8) is 0 Å². The highest BCUT2D eigenvalue weighted by Gasteiger charge is 2.24. The maximum absolute atomic E-state index is 3.43. The largest absolute Gasteiger partial charge is 0.314 e. The first-order valence-corrected chi connectivity index (χ1v) is 6.70. The van der Waals surface area contributed by atoms with Crippen LogP contribution >= 0.6 is 0 Å². The second-order valence-corrected chi connectivity index (χ2v) is 5.39. The Morgan fingerprint density at radius 1 is 1.06 bits per heavy atom. The highest BCUT2D eigenvalue weighted by molar-refractivity contribution is 5.24. The maximum Gasteiger partial charge on any atom is 0.0372 e. The van der Waals surface area contributed by atoms with Crippen molar-refractivity contribution in [3.8, 4) is 0 Å². The summed E-state index contributed by atoms with van der Waals surface area (Å²) in [4.78, 5) is 2.62. The number of nitrogens with zero attached hydrogens (tertiary/aromatic N) is 1. The second-order valence-electron chi connectivity index (χ2n) is 5.39. The molecular formula is C15H24N2. The third-order valence-corrected chi connectivity index (χ3v) is 3.60. The molecule has 0 aromatic heterocycles. The van der Waals surface area contributed by atoms with Crippen LogP contribution in [0.5, 0.6) is 0 Å². The van der Waals surface area contributed by atoms with Crippen molar-refractivity contribution in [1.29, 1.82) is 0 Å². The van der Waals surface area contributed by atoms with E-state index in [0.717, 1.165) is 26.2 Å². The highest BCUT2D eigenvalue weighted by atomic mass is 15.2. The Morgan fingerprint density at radius 3 is 2.18 bits per heavy atom. The molecule has 1 N–H and O–H groups in total. The fourth-order valence-electron chi connectivity index (χ4n) is 2.74. The van der Waals surface area contributed by atoms with Gasteiger partial charge in [-0.1, -0.05) is 43.7 Å². The molecule has 0 amide bonds. The van der Waals surface area contributed by atoms with Gasteiger partial charge in [0.15, 0.2) is 0 Å². The third kappa shape index (κ3) is 3.08. The van der Waals surface area contributed by atoms with Gasteiger partial charge in [0.05, 0.1) is 0 Å². The number of hydrogen-bond acceptors (Lipinski definition) is 2. The molecule has 2 rings (SSSR count). The Bertz CT molecular complexity index is 336. The fraction of sp³-hybridized carbons (Fsp3) is 0.600. The van der Waals surface area contributed by atoms with E-state index in [1.54, 1.807) is 0 Å². The fourth-order valence-corrected chi connectivity index (χ4v) is 2.74. The molecule has 1 heterocycles. The number of benzene rings is 1. The van der Waals surface area contributed by atoms with E-state index >= 15 is 0 Å². The summed E-state index contributed by atoms with van der Waals surface area (Å²) in [5.74, 6) is 0.663. The Kier molecular flexibility index (Phi) is 4.19. The van der Waals surface area contributed by atoms with Crippen molar-refractivity contribution < 1.29 is 0 Å². The Morgan fingerprint density at radius 2 is 1.65 bits per heavy atom. The topological polar surface area (TPSA) is 15.3 Å². The molecule has 1 fully saturated rings. The number of piperazine rings is 1. The van der Waals surface area contributed by atoms with E-state index in [-0.39, 0.29) is 0 Å². The van der Waals surface area contributed by atoms with Gasteiger partial charge in [-0.3, -0.25) is 4.90 Å². The summed E-state index contributed by atoms with van der Waals surface area (Å²) >= 11 is 0. The Labute approximate surface area is 105 Å². The molecule has 1 aromatic carbocycles. The number of aryl methyl sites for hydroxylation is 1. The van der Waals surface area contributed by atoms with Gasteiger partial charge in [-0.2, -0.15) is 0 Å². The van der Waals surface area contributed by atoms with Crippen LogP contribution in [0.1, 0.15) is 31.0 Å². The van der Waals surface area contributed by atoms with Crippen LogP contribution < -0.4 is 5.32 Å². The van der Waals surface area contributed by atoms with Crippen LogP contribution in [0.3, 0.4) is 0 Å². The monoisotopic (exact) mass is 232 g/mol.